The summed E-state index contributed by atoms with van der Waals surface area (Å²) in [5.41, 5.74) is 12.2. The first-order valence-corrected chi connectivity index (χ1v) is 52.3. The number of pyridine rings is 5. The number of hydrogen-bond acceptors (Lipinski definition) is 18. The Morgan fingerprint density at radius 3 is 1.08 bits per heavy atom. The van der Waals surface area contributed by atoms with E-state index in [4.69, 9.17) is 46.4 Å². The van der Waals surface area contributed by atoms with Crippen molar-refractivity contribution in [3.8, 4) is 45.0 Å². The molecule has 15 aromatic rings. The predicted octanol–water partition coefficient (Wildman–Crippen LogP) is 22.3. The van der Waals surface area contributed by atoms with Gasteiger partial charge in [0.05, 0.1) is 94.1 Å². The van der Waals surface area contributed by atoms with Gasteiger partial charge < -0.3 is 26.3 Å². The summed E-state index contributed by atoms with van der Waals surface area (Å²) in [5.74, 6) is -1.12. The zero-order valence-corrected chi connectivity index (χ0v) is 79.5. The van der Waals surface area contributed by atoms with Crippen LogP contribution in [0.5, 0.6) is 0 Å². The zero-order chi connectivity index (χ0) is 94.5. The number of hydrogen-bond donors (Lipinski definition) is 5. The molecule has 5 N–H and O–H groups in total. The van der Waals surface area contributed by atoms with E-state index in [1.165, 1.54) is 35.6 Å². The van der Waals surface area contributed by atoms with Gasteiger partial charge in [-0.25, -0.2) is 38.1 Å². The quantitative estimate of drug-likeness (QED) is 0.0600. The third-order valence-electron chi connectivity index (χ3n) is 23.1. The Balaban J connectivity index is 0.000000131. The minimum absolute atomic E-state index is 0.133. The van der Waals surface area contributed by atoms with E-state index >= 15 is 0 Å². The molecule has 36 heteroatoms. The van der Waals surface area contributed by atoms with Gasteiger partial charge in [0.2, 0.25) is 40.1 Å². The van der Waals surface area contributed by atoms with Crippen molar-refractivity contribution in [1.82, 2.24) is 29.9 Å². The van der Waals surface area contributed by atoms with Gasteiger partial charge in [-0.05, 0) is 274 Å². The molecule has 0 radical (unpaired) electrons. The number of rotatable bonds is 16. The maximum atomic E-state index is 13.6. The van der Waals surface area contributed by atoms with Crippen LogP contribution in [0.2, 0.25) is 20.1 Å². The van der Waals surface area contributed by atoms with Crippen LogP contribution < -0.4 is 38.5 Å². The molecule has 11 heterocycles. The number of sulfonamides is 4. The number of nitrogens with one attached hydrogen (secondary N) is 5. The second-order valence-corrected chi connectivity index (χ2v) is 42.9. The number of amides is 4. The first-order chi connectivity index (χ1) is 65.1. The average molecular weight is 1990 g/mol. The van der Waals surface area contributed by atoms with E-state index in [1.807, 2.05) is 54.0 Å². The highest BCUT2D eigenvalue weighted by Crippen LogP contribution is 2.40. The number of anilines is 8. The minimum atomic E-state index is -3.35. The van der Waals surface area contributed by atoms with Crippen LogP contribution in [-0.4, -0.2) is 136 Å². The molecule has 0 spiro atoms. The summed E-state index contributed by atoms with van der Waals surface area (Å²) >= 11 is 27.3. The van der Waals surface area contributed by atoms with Crippen LogP contribution in [0.15, 0.2) is 267 Å². The lowest BCUT2D eigenvalue weighted by Crippen LogP contribution is -2.32. The summed E-state index contributed by atoms with van der Waals surface area (Å²) in [6.45, 7) is 1.82. The van der Waals surface area contributed by atoms with E-state index in [9.17, 15) is 57.2 Å². The van der Waals surface area contributed by atoms with Crippen LogP contribution >= 0.6 is 57.7 Å². The summed E-state index contributed by atoms with van der Waals surface area (Å²) in [6, 6.07) is 61.2. The molecular formula is C99H89Cl4FN14O12S5. The Morgan fingerprint density at radius 2 is 0.681 bits per heavy atom. The summed E-state index contributed by atoms with van der Waals surface area (Å²) in [5, 5.41) is 19.3. The summed E-state index contributed by atoms with van der Waals surface area (Å²) in [6.07, 6.45) is 21.4. The highest BCUT2D eigenvalue weighted by atomic mass is 35.5. The fraction of sp³-hybridized carbons (Fsp3) is 0.202. The number of benzene rings is 8. The monoisotopic (exact) mass is 1980 g/mol. The fourth-order valence-electron chi connectivity index (χ4n) is 16.2. The van der Waals surface area contributed by atoms with Crippen LogP contribution in [0.25, 0.3) is 76.8 Å². The van der Waals surface area contributed by atoms with Gasteiger partial charge >= 0.3 is 0 Å². The van der Waals surface area contributed by atoms with E-state index in [1.54, 1.807) is 206 Å². The van der Waals surface area contributed by atoms with Crippen molar-refractivity contribution in [3.63, 3.8) is 0 Å². The molecule has 7 aromatic heterocycles. The molecular weight excluding hydrogens is 1900 g/mol. The van der Waals surface area contributed by atoms with Crippen LogP contribution in [0.4, 0.5) is 49.9 Å². The van der Waals surface area contributed by atoms with E-state index in [2.05, 4.69) is 51.2 Å². The molecule has 8 aromatic carbocycles. The zero-order valence-electron chi connectivity index (χ0n) is 72.4. The number of fused-ring (bicyclic) bond motifs is 3. The van der Waals surface area contributed by atoms with Crippen molar-refractivity contribution in [2.45, 2.75) is 77.0 Å². The lowest BCUT2D eigenvalue weighted by Gasteiger charge is -2.22. The third-order valence-corrected chi connectivity index (χ3v) is 32.8. The molecule has 0 aliphatic carbocycles. The molecule has 0 bridgehead atoms. The van der Waals surface area contributed by atoms with Gasteiger partial charge in [-0.1, -0.05) is 72.1 Å². The van der Waals surface area contributed by atoms with E-state index < -0.39 is 45.9 Å². The molecule has 4 fully saturated rings. The summed E-state index contributed by atoms with van der Waals surface area (Å²) in [7, 11) is -13.3. The summed E-state index contributed by atoms with van der Waals surface area (Å²) < 4.78 is 121. The fourth-order valence-corrected chi connectivity index (χ4v) is 24.4. The molecule has 4 saturated heterocycles. The Bertz CT molecular complexity index is 7210. The second-order valence-electron chi connectivity index (χ2n) is 32.3. The summed E-state index contributed by atoms with van der Waals surface area (Å²) in [4.78, 5) is 76.4. The number of aromatic nitrogens is 6. The Kier molecular flexibility index (Phi) is 30.0. The average Bonchev–Trinajstić information content (AvgIpc) is 1.71. The number of carbonyl (C=O) groups is 4. The minimum Gasteiger partial charge on any atom is -0.359 e. The molecule has 0 unspecified atom stereocenters. The van der Waals surface area contributed by atoms with Gasteiger partial charge in [-0.15, -0.1) is 11.3 Å². The van der Waals surface area contributed by atoms with Gasteiger partial charge in [0, 0.05) is 164 Å². The molecule has 0 atom stereocenters. The van der Waals surface area contributed by atoms with Crippen molar-refractivity contribution < 1.29 is 57.2 Å². The number of thiophene rings is 1. The van der Waals surface area contributed by atoms with Gasteiger partial charge in [-0.2, -0.15) is 0 Å². The highest BCUT2D eigenvalue weighted by molar-refractivity contribution is 7.93. The van der Waals surface area contributed by atoms with Crippen molar-refractivity contribution in [1.29, 1.82) is 0 Å². The Labute approximate surface area is 804 Å². The number of carbonyl (C=O) groups excluding carboxylic acids is 4. The predicted molar refractivity (Wildman–Crippen MR) is 539 cm³/mol. The lowest BCUT2D eigenvalue weighted by atomic mass is 10.0. The van der Waals surface area contributed by atoms with Crippen LogP contribution in [0.3, 0.4) is 0 Å². The number of aromatic amines is 1. The second kappa shape index (κ2) is 42.4. The van der Waals surface area contributed by atoms with Crippen molar-refractivity contribution in [3.05, 3.63) is 315 Å². The largest absolute Gasteiger partial charge is 0.359 e. The maximum absolute atomic E-state index is 13.6. The SMILES string of the molecule is O=C(Nc1ccc(Cl)c(-c2cc(F)ccn2)c1)c1ccc(N2CCCCCS2(=O)=O)cc1.O=C(Nc1ccc(Cl)c(-c2nccc3cc[nH]c23)c1)c1ccc(N2CCCCCS2(=O)=O)cc1.O=C(Nc1ccc(Cl)c(-c2nccc3ccncc23)c1)c1ccc(N2CCCCCS2(=O)=O)cc1.O=C(Nc1ccc(Cl)c(-c2nccc3sccc23)c1)c1ccc(N2CCCCCS2(=O)=O)cc1. The van der Waals surface area contributed by atoms with Crippen molar-refractivity contribution >= 4 is 199 Å². The van der Waals surface area contributed by atoms with E-state index in [0.29, 0.717) is 173 Å². The van der Waals surface area contributed by atoms with E-state index in [0.717, 1.165) is 94.4 Å². The molecule has 135 heavy (non-hydrogen) atoms. The molecule has 26 nitrogen and oxygen atoms in total. The van der Waals surface area contributed by atoms with Gasteiger partial charge in [0.15, 0.2) is 0 Å². The van der Waals surface area contributed by atoms with Crippen LogP contribution in [0.1, 0.15) is 118 Å². The Morgan fingerprint density at radius 1 is 0.341 bits per heavy atom. The normalized spacial score (nSPS) is 15.7. The topological polar surface area (TPSA) is 346 Å². The van der Waals surface area contributed by atoms with Crippen LogP contribution in [-0.2, 0) is 40.1 Å². The Hall–Kier alpha value is -12.8. The first kappa shape index (κ1) is 95.4. The number of halogens is 5. The standard InChI is InChI=1S/C26H23ClN4O3S.C25H23ClN4O3S.C25H22ClN3O3S2.C23H21ClFN3O3S/c27-24-9-6-20(16-22(24)25-23-17-28-12-10-18(23)11-13-29-25)30-26(32)19-4-7-21(8-5-19)31-14-2-1-3-15-35(31,33)34;26-22-9-6-19(16-21(22)24-23-17(10-12-27-23)11-13-28-24)29-25(31)18-4-7-20(8-5-18)30-14-2-1-3-15-34(30,32)33;26-22-9-6-18(16-21(22)24-20-11-14-33-23(20)10-12-27-24)28-25(30)17-4-7-19(8-5-17)29-13-2-1-3-15-34(29,31)32;24-21-9-6-18(15-20(21)22-14-17(25)10-11-26-22)27-23(29)16-4-7-19(8-5-16)28-12-2-1-3-13-32(28,30)31/h4-13,16-17H,1-3,14-15H2,(H,30,32);4-13,16,27H,1-3,14-15H2,(H,29,31);4-12,14,16H,1-3,13,15H2,(H,28,30);4-11,14-15H,1-3,12-13H2,(H,27,29). The van der Waals surface area contributed by atoms with Gasteiger partial charge in [0.1, 0.15) is 5.82 Å². The van der Waals surface area contributed by atoms with Crippen LogP contribution in [0, 0.1) is 5.82 Å². The molecule has 4 aliphatic rings. The van der Waals surface area contributed by atoms with E-state index in [-0.39, 0.29) is 46.6 Å². The molecule has 4 aliphatic heterocycles. The molecule has 19 rings (SSSR count). The first-order valence-electron chi connectivity index (χ1n) is 43.5. The van der Waals surface area contributed by atoms with Crippen molar-refractivity contribution in [2.24, 2.45) is 0 Å². The highest BCUT2D eigenvalue weighted by Gasteiger charge is 2.31. The number of H-pyrrole nitrogens is 1. The van der Waals surface area contributed by atoms with Gasteiger partial charge in [-0.3, -0.25) is 61.3 Å². The lowest BCUT2D eigenvalue weighted by molar-refractivity contribution is 0.101. The molecule has 0 saturated carbocycles. The third kappa shape index (κ3) is 22.9. The van der Waals surface area contributed by atoms with Gasteiger partial charge in [0.25, 0.3) is 23.6 Å². The molecule has 4 amide bonds. The maximum Gasteiger partial charge on any atom is 0.255 e. The molecule has 692 valence electrons. The van der Waals surface area contributed by atoms with Crippen molar-refractivity contribution in [2.75, 3.05) is 87.7 Å². The smallest absolute Gasteiger partial charge is 0.255 e. The number of nitrogens with zero attached hydrogens (tertiary/aromatic N) is 9.